The first-order chi connectivity index (χ1) is 6.76. The Kier molecular flexibility index (Phi) is 5.71. The normalized spacial score (nSPS) is 28.2. The third-order valence-corrected chi connectivity index (χ3v) is 4.62. The van der Waals surface area contributed by atoms with Crippen LogP contribution >= 0.6 is 0 Å². The molecule has 84 valence electrons. The molecular formula is C11H23NOS. The van der Waals surface area contributed by atoms with Gasteiger partial charge in [0, 0.05) is 28.3 Å². The molecule has 14 heavy (non-hydrogen) atoms. The molecule has 0 saturated carbocycles. The second-order valence-electron chi connectivity index (χ2n) is 4.21. The molecule has 3 heteroatoms. The Labute approximate surface area is 90.3 Å². The second kappa shape index (κ2) is 6.57. The molecule has 2 nitrogen and oxygen atoms in total. The first kappa shape index (κ1) is 12.2. The van der Waals surface area contributed by atoms with Gasteiger partial charge in [-0.2, -0.15) is 0 Å². The summed E-state index contributed by atoms with van der Waals surface area (Å²) in [5.41, 5.74) is 0. The molecule has 1 aliphatic rings. The monoisotopic (exact) mass is 217 g/mol. The third-order valence-electron chi connectivity index (χ3n) is 3.24. The molecule has 0 radical (unpaired) electrons. The van der Waals surface area contributed by atoms with Crippen LogP contribution < -0.4 is 5.32 Å². The van der Waals surface area contributed by atoms with Gasteiger partial charge in [0.15, 0.2) is 0 Å². The summed E-state index contributed by atoms with van der Waals surface area (Å²) in [6.45, 7) is 5.65. The lowest BCUT2D eigenvalue weighted by molar-refractivity contribution is 0.392. The van der Waals surface area contributed by atoms with E-state index in [-0.39, 0.29) is 0 Å². The highest BCUT2D eigenvalue weighted by Crippen LogP contribution is 2.11. The van der Waals surface area contributed by atoms with Crippen molar-refractivity contribution in [1.82, 2.24) is 5.32 Å². The third kappa shape index (κ3) is 4.09. The lowest BCUT2D eigenvalue weighted by Crippen LogP contribution is -2.38. The van der Waals surface area contributed by atoms with E-state index in [4.69, 9.17) is 0 Å². The highest BCUT2D eigenvalue weighted by atomic mass is 32.2. The van der Waals surface area contributed by atoms with Gasteiger partial charge in [-0.1, -0.05) is 26.7 Å². The van der Waals surface area contributed by atoms with Crippen molar-refractivity contribution in [1.29, 1.82) is 0 Å². The lowest BCUT2D eigenvalue weighted by atomic mass is 10.0. The molecule has 1 N–H and O–H groups in total. The Bertz CT molecular complexity index is 170. The lowest BCUT2D eigenvalue weighted by Gasteiger charge is -2.24. The minimum Gasteiger partial charge on any atom is -0.314 e. The topological polar surface area (TPSA) is 29.1 Å². The van der Waals surface area contributed by atoms with E-state index < -0.39 is 10.8 Å². The molecule has 1 fully saturated rings. The molecule has 0 aromatic heterocycles. The van der Waals surface area contributed by atoms with E-state index in [2.05, 4.69) is 19.2 Å². The van der Waals surface area contributed by atoms with E-state index in [0.29, 0.717) is 6.04 Å². The summed E-state index contributed by atoms with van der Waals surface area (Å²) in [5, 5.41) is 3.61. The molecule has 0 unspecified atom stereocenters. The zero-order valence-corrected chi connectivity index (χ0v) is 10.2. The fraction of sp³-hybridized carbons (Fsp3) is 1.00. The first-order valence-corrected chi connectivity index (χ1v) is 7.33. The van der Waals surface area contributed by atoms with Crippen molar-refractivity contribution in [2.75, 3.05) is 18.1 Å². The second-order valence-corrected chi connectivity index (χ2v) is 5.91. The Morgan fingerprint density at radius 3 is 2.36 bits per heavy atom. The van der Waals surface area contributed by atoms with Crippen LogP contribution in [-0.4, -0.2) is 28.3 Å². The van der Waals surface area contributed by atoms with Crippen molar-refractivity contribution in [2.45, 2.75) is 45.6 Å². The summed E-state index contributed by atoms with van der Waals surface area (Å²) in [4.78, 5) is 0. The van der Waals surface area contributed by atoms with Crippen LogP contribution in [0.3, 0.4) is 0 Å². The summed E-state index contributed by atoms with van der Waals surface area (Å²) in [5.74, 6) is 2.63. The van der Waals surface area contributed by atoms with Gasteiger partial charge in [-0.3, -0.25) is 4.21 Å². The summed E-state index contributed by atoms with van der Waals surface area (Å²) < 4.78 is 11.1. The summed E-state index contributed by atoms with van der Waals surface area (Å²) in [6.07, 6.45) is 4.74. The molecule has 1 heterocycles. The van der Waals surface area contributed by atoms with Crippen LogP contribution in [0.1, 0.15) is 39.5 Å². The molecule has 0 bridgehead atoms. The van der Waals surface area contributed by atoms with E-state index in [0.717, 1.165) is 36.8 Å². The molecule has 1 saturated heterocycles. The zero-order valence-electron chi connectivity index (χ0n) is 9.42. The maximum Gasteiger partial charge on any atom is 0.0249 e. The summed E-state index contributed by atoms with van der Waals surface area (Å²) in [6, 6.07) is 0.633. The molecule has 0 amide bonds. The van der Waals surface area contributed by atoms with Crippen molar-refractivity contribution in [2.24, 2.45) is 5.92 Å². The molecular weight excluding hydrogens is 194 g/mol. The van der Waals surface area contributed by atoms with Crippen LogP contribution in [0, 0.1) is 5.92 Å². The molecule has 1 rings (SSSR count). The van der Waals surface area contributed by atoms with Gasteiger partial charge in [0.05, 0.1) is 0 Å². The zero-order chi connectivity index (χ0) is 10.4. The Balaban J connectivity index is 2.15. The average molecular weight is 217 g/mol. The molecule has 0 spiro atoms. The van der Waals surface area contributed by atoms with Crippen LogP contribution in [0.5, 0.6) is 0 Å². The maximum absolute atomic E-state index is 11.1. The predicted octanol–water partition coefficient (Wildman–Crippen LogP) is 1.92. The largest absolute Gasteiger partial charge is 0.314 e. The number of hydrogen-bond donors (Lipinski definition) is 1. The minimum atomic E-state index is -0.519. The van der Waals surface area contributed by atoms with Crippen LogP contribution in [0.25, 0.3) is 0 Å². The fourth-order valence-corrected chi connectivity index (χ4v) is 3.21. The fourth-order valence-electron chi connectivity index (χ4n) is 1.91. The van der Waals surface area contributed by atoms with Crippen molar-refractivity contribution in [3.8, 4) is 0 Å². The predicted molar refractivity (Wildman–Crippen MR) is 63.0 cm³/mol. The van der Waals surface area contributed by atoms with E-state index >= 15 is 0 Å². The highest BCUT2D eigenvalue weighted by Gasteiger charge is 2.17. The van der Waals surface area contributed by atoms with Crippen molar-refractivity contribution >= 4 is 10.8 Å². The quantitative estimate of drug-likeness (QED) is 0.762. The Morgan fingerprint density at radius 2 is 1.86 bits per heavy atom. The van der Waals surface area contributed by atoms with Crippen LogP contribution in [0.15, 0.2) is 0 Å². The molecule has 1 aliphatic heterocycles. The van der Waals surface area contributed by atoms with Gasteiger partial charge in [-0.05, 0) is 25.3 Å². The highest BCUT2D eigenvalue weighted by molar-refractivity contribution is 7.85. The first-order valence-electron chi connectivity index (χ1n) is 5.84. The van der Waals surface area contributed by atoms with Gasteiger partial charge >= 0.3 is 0 Å². The number of hydrogen-bond acceptors (Lipinski definition) is 2. The van der Waals surface area contributed by atoms with Gasteiger partial charge in [0.25, 0.3) is 0 Å². The van der Waals surface area contributed by atoms with E-state index in [1.54, 1.807) is 0 Å². The molecule has 0 aliphatic carbocycles. The Hall–Kier alpha value is 0.110. The maximum atomic E-state index is 11.1. The van der Waals surface area contributed by atoms with Gasteiger partial charge in [-0.25, -0.2) is 0 Å². The number of rotatable bonds is 5. The summed E-state index contributed by atoms with van der Waals surface area (Å²) in [7, 11) is -0.519. The van der Waals surface area contributed by atoms with Gasteiger partial charge in [-0.15, -0.1) is 0 Å². The van der Waals surface area contributed by atoms with E-state index in [9.17, 15) is 4.21 Å². The van der Waals surface area contributed by atoms with Gasteiger partial charge in [0.2, 0.25) is 0 Å². The van der Waals surface area contributed by atoms with Crippen molar-refractivity contribution < 1.29 is 4.21 Å². The number of nitrogens with one attached hydrogen (secondary N) is 1. The standard InChI is InChI=1S/C11H23NOS/c1-3-10(4-2)9-12-11-5-7-14(13)8-6-11/h10-12H,3-9H2,1-2H3. The van der Waals surface area contributed by atoms with Gasteiger partial charge < -0.3 is 5.32 Å². The minimum absolute atomic E-state index is 0.519. The van der Waals surface area contributed by atoms with Crippen LogP contribution in [0.2, 0.25) is 0 Å². The van der Waals surface area contributed by atoms with Crippen LogP contribution in [-0.2, 0) is 10.8 Å². The molecule has 0 atom stereocenters. The van der Waals surface area contributed by atoms with Crippen molar-refractivity contribution in [3.05, 3.63) is 0 Å². The van der Waals surface area contributed by atoms with E-state index in [1.165, 1.54) is 12.8 Å². The Morgan fingerprint density at radius 1 is 1.29 bits per heavy atom. The smallest absolute Gasteiger partial charge is 0.0249 e. The molecule has 0 aromatic rings. The van der Waals surface area contributed by atoms with Gasteiger partial charge in [0.1, 0.15) is 0 Å². The SMILES string of the molecule is CCC(CC)CNC1CCS(=O)CC1. The van der Waals surface area contributed by atoms with E-state index in [1.807, 2.05) is 0 Å². The van der Waals surface area contributed by atoms with Crippen molar-refractivity contribution in [3.63, 3.8) is 0 Å². The summed E-state index contributed by atoms with van der Waals surface area (Å²) >= 11 is 0. The molecule has 0 aromatic carbocycles. The average Bonchev–Trinajstić information content (AvgIpc) is 2.22. The van der Waals surface area contributed by atoms with Crippen LogP contribution in [0.4, 0.5) is 0 Å².